The molecule has 0 aliphatic rings. The summed E-state index contributed by atoms with van der Waals surface area (Å²) in [6, 6.07) is 4.16. The topological polar surface area (TPSA) is 32.3 Å². The molecule has 4 heteroatoms. The summed E-state index contributed by atoms with van der Waals surface area (Å²) in [7, 11) is 0. The zero-order valence-electron chi connectivity index (χ0n) is 7.22. The van der Waals surface area contributed by atoms with Crippen LogP contribution in [0.25, 0.3) is 0 Å². The fourth-order valence-corrected chi connectivity index (χ4v) is 1.14. The number of nitrogens with one attached hydrogen (secondary N) is 1. The van der Waals surface area contributed by atoms with Crippen molar-refractivity contribution in [2.75, 3.05) is 11.9 Å². The van der Waals surface area contributed by atoms with Crippen molar-refractivity contribution in [3.05, 3.63) is 29.0 Å². The summed E-state index contributed by atoms with van der Waals surface area (Å²) in [4.78, 5) is 0. The van der Waals surface area contributed by atoms with Crippen molar-refractivity contribution in [2.24, 2.45) is 0 Å². The highest BCUT2D eigenvalue weighted by Gasteiger charge is 2.00. The molecule has 1 rings (SSSR count). The number of benzene rings is 1. The number of halogens is 2. The largest absolute Gasteiger partial charge is 0.392 e. The summed E-state index contributed by atoms with van der Waals surface area (Å²) < 4.78 is 12.8. The minimum atomic E-state index is -0.470. The molecule has 0 saturated carbocycles. The Morgan fingerprint density at radius 2 is 2.23 bits per heavy atom. The molecule has 0 saturated heterocycles. The highest BCUT2D eigenvalue weighted by Crippen LogP contribution is 2.17. The predicted octanol–water partition coefficient (Wildman–Crippen LogP) is 2.27. The summed E-state index contributed by atoms with van der Waals surface area (Å²) >= 11 is 5.62. The van der Waals surface area contributed by atoms with Crippen LogP contribution in [0.4, 0.5) is 10.1 Å². The summed E-state index contributed by atoms with van der Waals surface area (Å²) in [6.07, 6.45) is -0.470. The Kier molecular flexibility index (Phi) is 3.51. The van der Waals surface area contributed by atoms with Crippen LogP contribution in [-0.4, -0.2) is 17.8 Å². The van der Waals surface area contributed by atoms with Crippen LogP contribution < -0.4 is 5.32 Å². The number of anilines is 1. The smallest absolute Gasteiger partial charge is 0.126 e. The van der Waals surface area contributed by atoms with Crippen LogP contribution in [0.3, 0.4) is 0 Å². The fourth-order valence-electron chi connectivity index (χ4n) is 0.921. The van der Waals surface area contributed by atoms with E-state index in [9.17, 15) is 4.39 Å². The number of hydrogen-bond donors (Lipinski definition) is 2. The molecule has 0 heterocycles. The molecule has 0 aliphatic carbocycles. The SMILES string of the molecule is CC(O)CNc1cc(F)cc(Cl)c1. The third kappa shape index (κ3) is 3.61. The minimum absolute atomic E-state index is 0.341. The first kappa shape index (κ1) is 10.3. The molecule has 13 heavy (non-hydrogen) atoms. The van der Waals surface area contributed by atoms with Gasteiger partial charge < -0.3 is 10.4 Å². The summed E-state index contributed by atoms with van der Waals surface area (Å²) in [6.45, 7) is 2.02. The summed E-state index contributed by atoms with van der Waals surface area (Å²) in [5.41, 5.74) is 0.575. The van der Waals surface area contributed by atoms with Gasteiger partial charge in [-0.3, -0.25) is 0 Å². The van der Waals surface area contributed by atoms with Crippen molar-refractivity contribution in [2.45, 2.75) is 13.0 Å². The van der Waals surface area contributed by atoms with E-state index in [0.29, 0.717) is 17.3 Å². The normalized spacial score (nSPS) is 12.6. The Labute approximate surface area is 81.3 Å². The van der Waals surface area contributed by atoms with E-state index in [1.807, 2.05) is 0 Å². The van der Waals surface area contributed by atoms with Gasteiger partial charge in [-0.25, -0.2) is 4.39 Å². The molecule has 2 N–H and O–H groups in total. The van der Waals surface area contributed by atoms with Gasteiger partial charge in [0.2, 0.25) is 0 Å². The van der Waals surface area contributed by atoms with E-state index in [0.717, 1.165) is 0 Å². The molecular formula is C9H11ClFNO. The van der Waals surface area contributed by atoms with Crippen molar-refractivity contribution in [1.29, 1.82) is 0 Å². The standard InChI is InChI=1S/C9H11ClFNO/c1-6(13)5-12-9-3-7(10)2-8(11)4-9/h2-4,6,12-13H,5H2,1H3. The fraction of sp³-hybridized carbons (Fsp3) is 0.333. The Bertz CT molecular complexity index is 271. The van der Waals surface area contributed by atoms with E-state index >= 15 is 0 Å². The first-order valence-corrected chi connectivity index (χ1v) is 4.34. The Hall–Kier alpha value is -0.800. The van der Waals surface area contributed by atoms with Crippen LogP contribution >= 0.6 is 11.6 Å². The quantitative estimate of drug-likeness (QED) is 0.790. The van der Waals surface area contributed by atoms with Gasteiger partial charge in [-0.05, 0) is 25.1 Å². The van der Waals surface area contributed by atoms with Crippen LogP contribution in [0, 0.1) is 5.82 Å². The Balaban J connectivity index is 2.66. The van der Waals surface area contributed by atoms with Crippen molar-refractivity contribution in [1.82, 2.24) is 0 Å². The summed E-state index contributed by atoms with van der Waals surface area (Å²) in [5.74, 6) is -0.388. The van der Waals surface area contributed by atoms with E-state index in [2.05, 4.69) is 5.32 Å². The van der Waals surface area contributed by atoms with Crippen molar-refractivity contribution in [3.8, 4) is 0 Å². The Morgan fingerprint density at radius 3 is 2.77 bits per heavy atom. The van der Waals surface area contributed by atoms with Crippen molar-refractivity contribution >= 4 is 17.3 Å². The van der Waals surface area contributed by atoms with Gasteiger partial charge in [-0.1, -0.05) is 11.6 Å². The molecule has 1 unspecified atom stereocenters. The van der Waals surface area contributed by atoms with Crippen molar-refractivity contribution in [3.63, 3.8) is 0 Å². The third-order valence-corrected chi connectivity index (χ3v) is 1.68. The van der Waals surface area contributed by atoms with Gasteiger partial charge in [0.05, 0.1) is 6.10 Å². The lowest BCUT2D eigenvalue weighted by Crippen LogP contribution is -2.15. The van der Waals surface area contributed by atoms with Gasteiger partial charge in [-0.15, -0.1) is 0 Å². The van der Waals surface area contributed by atoms with Crippen LogP contribution in [0.5, 0.6) is 0 Å². The van der Waals surface area contributed by atoms with E-state index in [1.54, 1.807) is 13.0 Å². The zero-order valence-corrected chi connectivity index (χ0v) is 7.98. The molecule has 0 radical (unpaired) electrons. The molecule has 0 bridgehead atoms. The monoisotopic (exact) mass is 203 g/mol. The van der Waals surface area contributed by atoms with Gasteiger partial charge in [0, 0.05) is 17.3 Å². The molecule has 0 spiro atoms. The van der Waals surface area contributed by atoms with Gasteiger partial charge in [0.25, 0.3) is 0 Å². The van der Waals surface area contributed by atoms with E-state index in [-0.39, 0.29) is 5.82 Å². The van der Waals surface area contributed by atoms with E-state index in [4.69, 9.17) is 16.7 Å². The van der Waals surface area contributed by atoms with Crippen molar-refractivity contribution < 1.29 is 9.50 Å². The predicted molar refractivity (Wildman–Crippen MR) is 51.6 cm³/mol. The summed E-state index contributed by atoms with van der Waals surface area (Å²) in [5, 5.41) is 12.2. The maximum absolute atomic E-state index is 12.8. The van der Waals surface area contributed by atoms with Gasteiger partial charge >= 0.3 is 0 Å². The molecular weight excluding hydrogens is 193 g/mol. The maximum atomic E-state index is 12.8. The third-order valence-electron chi connectivity index (χ3n) is 1.46. The molecule has 2 nitrogen and oxygen atoms in total. The Morgan fingerprint density at radius 1 is 1.54 bits per heavy atom. The molecule has 0 fully saturated rings. The molecule has 1 aromatic carbocycles. The lowest BCUT2D eigenvalue weighted by Gasteiger charge is -2.08. The average molecular weight is 204 g/mol. The molecule has 0 aliphatic heterocycles. The zero-order chi connectivity index (χ0) is 9.84. The molecule has 0 aromatic heterocycles. The maximum Gasteiger partial charge on any atom is 0.126 e. The number of aliphatic hydroxyl groups excluding tert-OH is 1. The van der Waals surface area contributed by atoms with E-state index in [1.165, 1.54) is 12.1 Å². The molecule has 1 atom stereocenters. The highest BCUT2D eigenvalue weighted by molar-refractivity contribution is 6.30. The van der Waals surface area contributed by atoms with E-state index < -0.39 is 6.10 Å². The van der Waals surface area contributed by atoms with Gasteiger partial charge in [0.15, 0.2) is 0 Å². The van der Waals surface area contributed by atoms with Gasteiger partial charge in [0.1, 0.15) is 5.82 Å². The van der Waals surface area contributed by atoms with Crippen LogP contribution in [0.2, 0.25) is 5.02 Å². The number of aliphatic hydroxyl groups is 1. The second kappa shape index (κ2) is 4.44. The molecule has 0 amide bonds. The second-order valence-corrected chi connectivity index (χ2v) is 3.32. The molecule has 72 valence electrons. The second-order valence-electron chi connectivity index (χ2n) is 2.89. The first-order chi connectivity index (χ1) is 6.08. The highest BCUT2D eigenvalue weighted by atomic mass is 35.5. The van der Waals surface area contributed by atoms with Gasteiger partial charge in [-0.2, -0.15) is 0 Å². The minimum Gasteiger partial charge on any atom is -0.392 e. The number of rotatable bonds is 3. The number of hydrogen-bond acceptors (Lipinski definition) is 2. The van der Waals surface area contributed by atoms with Crippen LogP contribution in [0.15, 0.2) is 18.2 Å². The average Bonchev–Trinajstić information content (AvgIpc) is 1.99. The van der Waals surface area contributed by atoms with Crippen LogP contribution in [0.1, 0.15) is 6.92 Å². The van der Waals surface area contributed by atoms with Crippen LogP contribution in [-0.2, 0) is 0 Å². The lowest BCUT2D eigenvalue weighted by molar-refractivity contribution is 0.208. The lowest BCUT2D eigenvalue weighted by atomic mass is 10.3. The molecule has 1 aromatic rings. The first-order valence-electron chi connectivity index (χ1n) is 3.96.